The van der Waals surface area contributed by atoms with Crippen molar-refractivity contribution in [3.8, 4) is 11.3 Å². The maximum absolute atomic E-state index is 4.93. The van der Waals surface area contributed by atoms with E-state index in [4.69, 9.17) is 4.98 Å². The van der Waals surface area contributed by atoms with E-state index in [2.05, 4.69) is 68.5 Å². The van der Waals surface area contributed by atoms with Gasteiger partial charge in [-0.3, -0.25) is 0 Å². The second-order valence-corrected chi connectivity index (χ2v) is 6.57. The molecule has 0 aliphatic heterocycles. The van der Waals surface area contributed by atoms with Gasteiger partial charge < -0.3 is 0 Å². The van der Waals surface area contributed by atoms with Gasteiger partial charge in [-0.05, 0) is 68.5 Å². The van der Waals surface area contributed by atoms with Gasteiger partial charge in [0, 0.05) is 10.9 Å². The van der Waals surface area contributed by atoms with Crippen molar-refractivity contribution in [3.63, 3.8) is 0 Å². The summed E-state index contributed by atoms with van der Waals surface area (Å²) < 4.78 is 0. The lowest BCUT2D eigenvalue weighted by molar-refractivity contribution is 0.936. The second kappa shape index (κ2) is 5.66. The van der Waals surface area contributed by atoms with E-state index in [0.717, 1.165) is 11.2 Å². The first kappa shape index (κ1) is 14.2. The monoisotopic (exact) mass is 299 g/mol. The number of benzene rings is 2. The third-order valence-corrected chi connectivity index (χ3v) is 4.64. The second-order valence-electron chi connectivity index (χ2n) is 6.57. The van der Waals surface area contributed by atoms with Gasteiger partial charge in [0.15, 0.2) is 0 Å². The lowest BCUT2D eigenvalue weighted by atomic mass is 9.98. The van der Waals surface area contributed by atoms with Crippen LogP contribution in [0.3, 0.4) is 0 Å². The molecule has 0 bridgehead atoms. The highest BCUT2D eigenvalue weighted by Crippen LogP contribution is 2.33. The van der Waals surface area contributed by atoms with Crippen molar-refractivity contribution >= 4 is 16.5 Å². The van der Waals surface area contributed by atoms with Crippen LogP contribution >= 0.6 is 0 Å². The molecule has 3 aromatic rings. The fourth-order valence-corrected chi connectivity index (χ4v) is 3.63. The number of fused-ring (bicyclic) bond motifs is 1. The molecule has 114 valence electrons. The summed E-state index contributed by atoms with van der Waals surface area (Å²) >= 11 is 0. The molecule has 1 aliphatic carbocycles. The van der Waals surface area contributed by atoms with Crippen molar-refractivity contribution in [2.45, 2.75) is 33.1 Å². The molecular formula is C22H21N. The van der Waals surface area contributed by atoms with Gasteiger partial charge in [-0.1, -0.05) is 41.5 Å². The van der Waals surface area contributed by atoms with Gasteiger partial charge in [0.2, 0.25) is 0 Å². The van der Waals surface area contributed by atoms with Crippen molar-refractivity contribution in [1.82, 2.24) is 4.98 Å². The molecule has 0 spiro atoms. The van der Waals surface area contributed by atoms with Crippen molar-refractivity contribution in [2.24, 2.45) is 0 Å². The first-order valence-corrected chi connectivity index (χ1v) is 8.38. The Kier molecular flexibility index (Phi) is 3.49. The summed E-state index contributed by atoms with van der Waals surface area (Å²) in [6.45, 7) is 4.28. The fraction of sp³-hybridized carbons (Fsp3) is 0.227. The zero-order chi connectivity index (χ0) is 15.8. The Morgan fingerprint density at radius 2 is 1.74 bits per heavy atom. The molecule has 0 saturated carbocycles. The lowest BCUT2D eigenvalue weighted by Crippen LogP contribution is -1.90. The highest BCUT2D eigenvalue weighted by atomic mass is 14.7. The average molecular weight is 299 g/mol. The summed E-state index contributed by atoms with van der Waals surface area (Å²) in [7, 11) is 0. The highest BCUT2D eigenvalue weighted by Gasteiger charge is 2.11. The third-order valence-electron chi connectivity index (χ3n) is 4.64. The molecule has 1 heteroatoms. The average Bonchev–Trinajstić information content (AvgIpc) is 3.07. The summed E-state index contributed by atoms with van der Waals surface area (Å²) in [5.74, 6) is 0. The van der Waals surface area contributed by atoms with Crippen LogP contribution in [0.1, 0.15) is 36.0 Å². The van der Waals surface area contributed by atoms with Gasteiger partial charge in [0.1, 0.15) is 0 Å². The smallest absolute Gasteiger partial charge is 0.0715 e. The van der Waals surface area contributed by atoms with E-state index in [1.54, 1.807) is 0 Å². The van der Waals surface area contributed by atoms with Gasteiger partial charge in [0.25, 0.3) is 0 Å². The molecule has 0 amide bonds. The van der Waals surface area contributed by atoms with E-state index in [-0.39, 0.29) is 0 Å². The molecule has 23 heavy (non-hydrogen) atoms. The van der Waals surface area contributed by atoms with Crippen LogP contribution in [-0.4, -0.2) is 4.98 Å². The van der Waals surface area contributed by atoms with Gasteiger partial charge in [-0.2, -0.15) is 0 Å². The van der Waals surface area contributed by atoms with Crippen molar-refractivity contribution < 1.29 is 0 Å². The van der Waals surface area contributed by atoms with Gasteiger partial charge in [0.05, 0.1) is 11.2 Å². The molecular weight excluding hydrogens is 278 g/mol. The predicted molar refractivity (Wildman–Crippen MR) is 98.5 cm³/mol. The van der Waals surface area contributed by atoms with Gasteiger partial charge in [-0.15, -0.1) is 0 Å². The first-order chi connectivity index (χ1) is 11.2. The third kappa shape index (κ3) is 2.68. The molecule has 0 unspecified atom stereocenters. The number of allylic oxidation sites excluding steroid dienone is 2. The van der Waals surface area contributed by atoms with Crippen LogP contribution in [0, 0.1) is 13.8 Å². The van der Waals surface area contributed by atoms with Gasteiger partial charge in [-0.25, -0.2) is 4.98 Å². The summed E-state index contributed by atoms with van der Waals surface area (Å²) in [6, 6.07) is 17.5. The molecule has 4 rings (SSSR count). The number of pyridine rings is 1. The van der Waals surface area contributed by atoms with Crippen LogP contribution < -0.4 is 0 Å². The Hall–Kier alpha value is -2.41. The topological polar surface area (TPSA) is 12.9 Å². The van der Waals surface area contributed by atoms with Crippen LogP contribution in [-0.2, 0) is 0 Å². The Morgan fingerprint density at radius 1 is 0.913 bits per heavy atom. The van der Waals surface area contributed by atoms with Crippen LogP contribution in [0.4, 0.5) is 0 Å². The van der Waals surface area contributed by atoms with Crippen LogP contribution in [0.25, 0.3) is 27.7 Å². The van der Waals surface area contributed by atoms with E-state index in [0.29, 0.717) is 0 Å². The summed E-state index contributed by atoms with van der Waals surface area (Å²) in [4.78, 5) is 4.93. The number of nitrogens with zero attached hydrogens (tertiary/aromatic N) is 1. The molecule has 2 aromatic carbocycles. The van der Waals surface area contributed by atoms with E-state index >= 15 is 0 Å². The zero-order valence-electron chi connectivity index (χ0n) is 13.8. The maximum atomic E-state index is 4.93. The molecule has 1 heterocycles. The minimum atomic E-state index is 1.06. The Bertz CT molecular complexity index is 898. The number of hydrogen-bond acceptors (Lipinski definition) is 1. The minimum absolute atomic E-state index is 1.06. The molecule has 0 N–H and O–H groups in total. The normalized spacial score (nSPS) is 14.3. The number of aryl methyl sites for hydroxylation is 2. The summed E-state index contributed by atoms with van der Waals surface area (Å²) in [5, 5.41) is 1.27. The molecule has 1 nitrogen and oxygen atoms in total. The Labute approximate surface area is 137 Å². The Balaban J connectivity index is 1.85. The van der Waals surface area contributed by atoms with Crippen molar-refractivity contribution in [3.05, 3.63) is 71.3 Å². The maximum Gasteiger partial charge on any atom is 0.0715 e. The summed E-state index contributed by atoms with van der Waals surface area (Å²) in [5.41, 5.74) is 8.76. The molecule has 0 radical (unpaired) electrons. The first-order valence-electron chi connectivity index (χ1n) is 8.38. The molecule has 0 saturated heterocycles. The standard InChI is InChI=1S/C22H21N/c1-15-12-16(2)14-18(13-15)21-11-10-20-19(17-6-3-4-7-17)8-5-9-22(20)23-21/h5-6,8-14H,3-4,7H2,1-2H3. The number of aromatic nitrogens is 1. The lowest BCUT2D eigenvalue weighted by Gasteiger charge is -2.10. The van der Waals surface area contributed by atoms with Crippen LogP contribution in [0.2, 0.25) is 0 Å². The molecule has 0 atom stereocenters. The predicted octanol–water partition coefficient (Wildman–Crippen LogP) is 6.09. The van der Waals surface area contributed by atoms with Crippen LogP contribution in [0.5, 0.6) is 0 Å². The van der Waals surface area contributed by atoms with E-state index < -0.39 is 0 Å². The largest absolute Gasteiger partial charge is 0.248 e. The van der Waals surface area contributed by atoms with E-state index in [1.165, 1.54) is 52.5 Å². The summed E-state index contributed by atoms with van der Waals surface area (Å²) in [6.07, 6.45) is 6.06. The Morgan fingerprint density at radius 3 is 2.48 bits per heavy atom. The highest BCUT2D eigenvalue weighted by molar-refractivity contribution is 5.93. The zero-order valence-corrected chi connectivity index (χ0v) is 13.8. The van der Waals surface area contributed by atoms with Crippen molar-refractivity contribution in [1.29, 1.82) is 0 Å². The molecule has 1 aromatic heterocycles. The molecule has 0 fully saturated rings. The van der Waals surface area contributed by atoms with E-state index in [1.807, 2.05) is 0 Å². The number of rotatable bonds is 2. The SMILES string of the molecule is Cc1cc(C)cc(-c2ccc3c(C4=CCCC4)cccc3n2)c1. The minimum Gasteiger partial charge on any atom is -0.248 e. The van der Waals surface area contributed by atoms with Gasteiger partial charge >= 0.3 is 0 Å². The molecule has 1 aliphatic rings. The fourth-order valence-electron chi connectivity index (χ4n) is 3.63. The quantitative estimate of drug-likeness (QED) is 0.558. The van der Waals surface area contributed by atoms with Crippen LogP contribution in [0.15, 0.2) is 54.6 Å². The number of hydrogen-bond donors (Lipinski definition) is 0. The van der Waals surface area contributed by atoms with Crippen molar-refractivity contribution in [2.75, 3.05) is 0 Å². The van der Waals surface area contributed by atoms with E-state index in [9.17, 15) is 0 Å².